The highest BCUT2D eigenvalue weighted by Gasteiger charge is 2.30. The highest BCUT2D eigenvalue weighted by atomic mass is 16.4. The molecule has 2 heterocycles. The summed E-state index contributed by atoms with van der Waals surface area (Å²) in [6.45, 7) is 3.90. The van der Waals surface area contributed by atoms with Crippen molar-refractivity contribution in [1.82, 2.24) is 10.3 Å². The number of aromatic amines is 1. The van der Waals surface area contributed by atoms with Gasteiger partial charge < -0.3 is 20.3 Å². The fourth-order valence-corrected chi connectivity index (χ4v) is 4.49. The van der Waals surface area contributed by atoms with Gasteiger partial charge in [0, 0.05) is 18.8 Å². The van der Waals surface area contributed by atoms with Crippen molar-refractivity contribution < 1.29 is 24.4 Å². The molecule has 4 N–H and O–H groups in total. The number of nitrogens with one attached hydrogen (secondary N) is 2. The Kier molecular flexibility index (Phi) is 11.9. The Morgan fingerprint density at radius 3 is 2.09 bits per heavy atom. The van der Waals surface area contributed by atoms with Crippen molar-refractivity contribution in [1.29, 1.82) is 0 Å². The zero-order valence-corrected chi connectivity index (χ0v) is 20.3. The predicted molar refractivity (Wildman–Crippen MR) is 130 cm³/mol. The van der Waals surface area contributed by atoms with Gasteiger partial charge in [-0.25, -0.2) is 0 Å². The first-order chi connectivity index (χ1) is 15.8. The van der Waals surface area contributed by atoms with E-state index in [2.05, 4.69) is 10.3 Å². The molecule has 2 atom stereocenters. The molecule has 0 fully saturated rings. The molecule has 2 rings (SSSR count). The standard InChI is InChI=1S/C25H41BN2O5/c1-18(2)16-24(26(32)33)28-25(31)19-12-10-8-6-4-3-5-7-9-11-13-22(29)20-14-15-21(27-20)23(30)17-19/h14-15,18-19,24,27,32-33H,3-13,16-17H2,1-2H3,(H,28,31)/t19-,24+/m1/s1. The number of ketones is 2. The Hall–Kier alpha value is -1.93. The number of H-pyrrole nitrogens is 1. The summed E-state index contributed by atoms with van der Waals surface area (Å²) in [6.07, 6.45) is 11.0. The number of hydrogen-bond acceptors (Lipinski definition) is 5. The van der Waals surface area contributed by atoms with Crippen molar-refractivity contribution in [3.8, 4) is 0 Å². The van der Waals surface area contributed by atoms with Crippen molar-refractivity contribution in [2.75, 3.05) is 0 Å². The number of carbonyl (C=O) groups is 3. The van der Waals surface area contributed by atoms with Crippen molar-refractivity contribution in [3.05, 3.63) is 23.5 Å². The van der Waals surface area contributed by atoms with E-state index in [4.69, 9.17) is 0 Å². The summed E-state index contributed by atoms with van der Waals surface area (Å²) in [5.41, 5.74) is 0.791. The van der Waals surface area contributed by atoms with Crippen LogP contribution in [0.1, 0.15) is 118 Å². The molecule has 7 nitrogen and oxygen atoms in total. The van der Waals surface area contributed by atoms with Gasteiger partial charge in [-0.1, -0.05) is 65.2 Å². The Bertz CT molecular complexity index is 762. The first kappa shape index (κ1) is 27.3. The number of hydrogen-bond donors (Lipinski definition) is 4. The Morgan fingerprint density at radius 1 is 0.970 bits per heavy atom. The fraction of sp³-hybridized carbons (Fsp3) is 0.720. The van der Waals surface area contributed by atoms with Gasteiger partial charge in [0.15, 0.2) is 11.6 Å². The topological polar surface area (TPSA) is 119 Å². The van der Waals surface area contributed by atoms with Crippen LogP contribution in [0.2, 0.25) is 0 Å². The molecule has 1 aliphatic heterocycles. The summed E-state index contributed by atoms with van der Waals surface area (Å²) in [5.74, 6) is -1.65. The van der Waals surface area contributed by atoms with Crippen LogP contribution in [0, 0.1) is 11.8 Å². The normalized spacial score (nSPS) is 20.7. The molecule has 1 amide bonds. The maximum absolute atomic E-state index is 13.0. The lowest BCUT2D eigenvalue weighted by molar-refractivity contribution is -0.125. The molecule has 184 valence electrons. The molecule has 8 heteroatoms. The molecule has 0 saturated carbocycles. The first-order valence-corrected chi connectivity index (χ1v) is 12.7. The zero-order valence-electron chi connectivity index (χ0n) is 20.3. The van der Waals surface area contributed by atoms with Gasteiger partial charge in [-0.05, 0) is 37.3 Å². The molecule has 0 spiro atoms. The Balaban J connectivity index is 2.12. The summed E-state index contributed by atoms with van der Waals surface area (Å²) in [5, 5.41) is 22.1. The number of Topliss-reactive ketones (excluding diaryl/α,β-unsaturated/α-hetero) is 2. The maximum atomic E-state index is 13.0. The van der Waals surface area contributed by atoms with Crippen molar-refractivity contribution in [3.63, 3.8) is 0 Å². The fourth-order valence-electron chi connectivity index (χ4n) is 4.49. The summed E-state index contributed by atoms with van der Waals surface area (Å²) in [6, 6.07) is 3.28. The van der Waals surface area contributed by atoms with Crippen LogP contribution in [0.25, 0.3) is 0 Å². The average molecular weight is 460 g/mol. The third-order valence-electron chi connectivity index (χ3n) is 6.46. The second-order valence-corrected chi connectivity index (χ2v) is 9.91. The van der Waals surface area contributed by atoms with Gasteiger partial charge in [-0.15, -0.1) is 0 Å². The van der Waals surface area contributed by atoms with E-state index in [1.54, 1.807) is 12.1 Å². The lowest BCUT2D eigenvalue weighted by Crippen LogP contribution is -2.49. The van der Waals surface area contributed by atoms with Crippen molar-refractivity contribution in [2.45, 2.75) is 103 Å². The molecule has 0 radical (unpaired) electrons. The molecular formula is C25H41BN2O5. The predicted octanol–water partition coefficient (Wildman–Crippen LogP) is 4.23. The van der Waals surface area contributed by atoms with Crippen LogP contribution in [0.3, 0.4) is 0 Å². The minimum absolute atomic E-state index is 0.0120. The monoisotopic (exact) mass is 460 g/mol. The average Bonchev–Trinajstić information content (AvgIpc) is 3.25. The van der Waals surface area contributed by atoms with Crippen LogP contribution in [0.15, 0.2) is 12.1 Å². The molecule has 0 aliphatic carbocycles. The molecule has 0 aromatic carbocycles. The second kappa shape index (κ2) is 14.4. The number of amides is 1. The molecule has 2 bridgehead atoms. The third-order valence-corrected chi connectivity index (χ3v) is 6.46. The van der Waals surface area contributed by atoms with Crippen LogP contribution in [-0.2, 0) is 4.79 Å². The summed E-state index contributed by atoms with van der Waals surface area (Å²) >= 11 is 0. The van der Waals surface area contributed by atoms with Gasteiger partial charge in [0.25, 0.3) is 0 Å². The van der Waals surface area contributed by atoms with E-state index in [0.29, 0.717) is 30.7 Å². The summed E-state index contributed by atoms with van der Waals surface area (Å²) in [7, 11) is -1.65. The molecule has 0 saturated heterocycles. The van der Waals surface area contributed by atoms with Gasteiger partial charge >= 0.3 is 7.12 Å². The highest BCUT2D eigenvalue weighted by molar-refractivity contribution is 6.43. The maximum Gasteiger partial charge on any atom is 0.475 e. The lowest BCUT2D eigenvalue weighted by atomic mass is 9.74. The molecule has 0 unspecified atom stereocenters. The van der Waals surface area contributed by atoms with Crippen LogP contribution in [0.4, 0.5) is 0 Å². The van der Waals surface area contributed by atoms with Gasteiger partial charge in [0.2, 0.25) is 5.91 Å². The van der Waals surface area contributed by atoms with Crippen molar-refractivity contribution >= 4 is 24.6 Å². The van der Waals surface area contributed by atoms with E-state index < -0.39 is 19.0 Å². The van der Waals surface area contributed by atoms with Crippen LogP contribution >= 0.6 is 0 Å². The number of aromatic nitrogens is 1. The zero-order chi connectivity index (χ0) is 24.2. The van der Waals surface area contributed by atoms with E-state index in [-0.39, 0.29) is 29.8 Å². The second-order valence-electron chi connectivity index (χ2n) is 9.91. The van der Waals surface area contributed by atoms with Crippen LogP contribution in [0.5, 0.6) is 0 Å². The van der Waals surface area contributed by atoms with Gasteiger partial charge in [-0.3, -0.25) is 14.4 Å². The van der Waals surface area contributed by atoms with Gasteiger partial charge in [0.05, 0.1) is 17.3 Å². The lowest BCUT2D eigenvalue weighted by Gasteiger charge is -2.23. The highest BCUT2D eigenvalue weighted by Crippen LogP contribution is 2.21. The summed E-state index contributed by atoms with van der Waals surface area (Å²) < 4.78 is 0. The minimum atomic E-state index is -1.65. The molecule has 33 heavy (non-hydrogen) atoms. The Morgan fingerprint density at radius 2 is 1.52 bits per heavy atom. The van der Waals surface area contributed by atoms with E-state index in [1.807, 2.05) is 13.8 Å². The third kappa shape index (κ3) is 9.84. The quantitative estimate of drug-likeness (QED) is 0.490. The van der Waals surface area contributed by atoms with E-state index in [9.17, 15) is 24.4 Å². The van der Waals surface area contributed by atoms with E-state index >= 15 is 0 Å². The first-order valence-electron chi connectivity index (χ1n) is 12.7. The van der Waals surface area contributed by atoms with E-state index in [0.717, 1.165) is 44.9 Å². The SMILES string of the molecule is CC(C)C[C@H](NC(=O)[C@@H]1CCCCCCCCCCCC(=O)c2ccc([nH]2)C(=O)C1)B(O)O. The molecular weight excluding hydrogens is 419 g/mol. The van der Waals surface area contributed by atoms with Crippen molar-refractivity contribution in [2.24, 2.45) is 11.8 Å². The van der Waals surface area contributed by atoms with Crippen LogP contribution < -0.4 is 5.32 Å². The molecule has 1 aromatic heterocycles. The van der Waals surface area contributed by atoms with Gasteiger partial charge in [0.1, 0.15) is 0 Å². The van der Waals surface area contributed by atoms with Crippen LogP contribution in [-0.4, -0.2) is 45.6 Å². The molecule has 1 aromatic rings. The number of carbonyl (C=O) groups excluding carboxylic acids is 3. The Labute approximate surface area is 198 Å². The number of rotatable bonds is 5. The summed E-state index contributed by atoms with van der Waals surface area (Å²) in [4.78, 5) is 41.3. The van der Waals surface area contributed by atoms with Gasteiger partial charge in [-0.2, -0.15) is 0 Å². The van der Waals surface area contributed by atoms with E-state index in [1.165, 1.54) is 12.8 Å². The largest absolute Gasteiger partial charge is 0.475 e. The number of fused-ring (bicyclic) bond motifs is 2. The minimum Gasteiger partial charge on any atom is -0.426 e. The molecule has 1 aliphatic rings. The smallest absolute Gasteiger partial charge is 0.426 e.